The van der Waals surface area contributed by atoms with Crippen molar-refractivity contribution < 1.29 is 9.72 Å². The normalized spacial score (nSPS) is 12.2. The van der Waals surface area contributed by atoms with Crippen LogP contribution in [0.15, 0.2) is 24.3 Å². The Morgan fingerprint density at radius 3 is 2.67 bits per heavy atom. The van der Waals surface area contributed by atoms with Crippen LogP contribution in [-0.4, -0.2) is 17.4 Å². The molecule has 0 saturated carbocycles. The molecule has 3 N–H and O–H groups in total. The smallest absolute Gasteiger partial charge is 0.271 e. The van der Waals surface area contributed by atoms with Crippen LogP contribution in [0.25, 0.3) is 0 Å². The highest BCUT2D eigenvalue weighted by Crippen LogP contribution is 2.19. The maximum Gasteiger partial charge on any atom is 0.271 e. The van der Waals surface area contributed by atoms with Crippen molar-refractivity contribution in [3.63, 3.8) is 0 Å². The van der Waals surface area contributed by atoms with Crippen LogP contribution in [0.4, 0.5) is 11.4 Å². The monoisotopic (exact) mass is 251 g/mol. The lowest BCUT2D eigenvalue weighted by Gasteiger charge is -2.18. The molecule has 0 aliphatic heterocycles. The van der Waals surface area contributed by atoms with Gasteiger partial charge in [-0.15, -0.1) is 0 Å². The Balaban J connectivity index is 2.81. The van der Waals surface area contributed by atoms with Crippen molar-refractivity contribution >= 4 is 17.3 Å². The van der Waals surface area contributed by atoms with Crippen LogP contribution < -0.4 is 11.1 Å². The lowest BCUT2D eigenvalue weighted by molar-refractivity contribution is -0.384. The molecule has 1 atom stereocenters. The van der Waals surface area contributed by atoms with E-state index in [-0.39, 0.29) is 30.0 Å². The van der Waals surface area contributed by atoms with E-state index in [1.165, 1.54) is 18.2 Å². The molecule has 1 aromatic carbocycles. The lowest BCUT2D eigenvalue weighted by atomic mass is 9.95. The number of nitro groups is 1. The van der Waals surface area contributed by atoms with E-state index < -0.39 is 4.92 Å². The molecule has 1 rings (SSSR count). The van der Waals surface area contributed by atoms with Gasteiger partial charge in [0, 0.05) is 24.4 Å². The van der Waals surface area contributed by atoms with Gasteiger partial charge in [0.25, 0.3) is 5.69 Å². The number of benzene rings is 1. The summed E-state index contributed by atoms with van der Waals surface area (Å²) in [7, 11) is 0. The maximum atomic E-state index is 11.9. The highest BCUT2D eigenvalue weighted by Gasteiger charge is 2.20. The lowest BCUT2D eigenvalue weighted by Crippen LogP contribution is -2.33. The average Bonchev–Trinajstić information content (AvgIpc) is 2.29. The first-order valence-electron chi connectivity index (χ1n) is 5.71. The molecule has 0 aromatic heterocycles. The van der Waals surface area contributed by atoms with Crippen LogP contribution in [0, 0.1) is 22.0 Å². The number of amides is 1. The molecule has 0 radical (unpaired) electrons. The maximum absolute atomic E-state index is 11.9. The first-order valence-corrected chi connectivity index (χ1v) is 5.71. The number of hydrogen-bond acceptors (Lipinski definition) is 4. The fourth-order valence-electron chi connectivity index (χ4n) is 1.61. The first kappa shape index (κ1) is 14.1. The number of nitrogens with two attached hydrogens (primary N) is 1. The Hall–Kier alpha value is -1.95. The van der Waals surface area contributed by atoms with Crippen LogP contribution in [0.1, 0.15) is 13.8 Å². The summed E-state index contributed by atoms with van der Waals surface area (Å²) in [6.45, 7) is 4.06. The number of nitrogens with zero attached hydrogens (tertiary/aromatic N) is 1. The molecular formula is C12H17N3O3. The molecule has 0 spiro atoms. The minimum Gasteiger partial charge on any atom is -0.330 e. The Morgan fingerprint density at radius 2 is 2.17 bits per heavy atom. The molecule has 0 aliphatic carbocycles. The third kappa shape index (κ3) is 3.53. The van der Waals surface area contributed by atoms with Crippen molar-refractivity contribution in [3.05, 3.63) is 34.4 Å². The number of non-ortho nitro benzene ring substituents is 1. The van der Waals surface area contributed by atoms with Gasteiger partial charge in [0.1, 0.15) is 0 Å². The Kier molecular flexibility index (Phi) is 4.79. The van der Waals surface area contributed by atoms with Crippen LogP contribution >= 0.6 is 0 Å². The minimum atomic E-state index is -0.501. The van der Waals surface area contributed by atoms with Crippen molar-refractivity contribution in [3.8, 4) is 0 Å². The van der Waals surface area contributed by atoms with E-state index in [0.29, 0.717) is 5.69 Å². The second-order valence-corrected chi connectivity index (χ2v) is 4.38. The first-order chi connectivity index (χ1) is 8.45. The van der Waals surface area contributed by atoms with Gasteiger partial charge in [-0.3, -0.25) is 14.9 Å². The molecule has 0 aliphatic rings. The van der Waals surface area contributed by atoms with Gasteiger partial charge < -0.3 is 11.1 Å². The molecule has 18 heavy (non-hydrogen) atoms. The molecule has 6 nitrogen and oxygen atoms in total. The molecule has 1 amide bonds. The molecule has 0 saturated heterocycles. The summed E-state index contributed by atoms with van der Waals surface area (Å²) in [6, 6.07) is 5.84. The molecule has 1 unspecified atom stereocenters. The quantitative estimate of drug-likeness (QED) is 0.615. The predicted molar refractivity (Wildman–Crippen MR) is 69.1 cm³/mol. The zero-order chi connectivity index (χ0) is 13.7. The van der Waals surface area contributed by atoms with Gasteiger partial charge in [-0.2, -0.15) is 0 Å². The topological polar surface area (TPSA) is 98.3 Å². The minimum absolute atomic E-state index is 0.0540. The SMILES string of the molecule is CC(C)C(CN)C(=O)Nc1cccc([N+](=O)[O-])c1. The van der Waals surface area contributed by atoms with E-state index in [1.54, 1.807) is 6.07 Å². The molecule has 1 aromatic rings. The summed E-state index contributed by atoms with van der Waals surface area (Å²) in [5.41, 5.74) is 5.89. The van der Waals surface area contributed by atoms with Crippen molar-refractivity contribution in [2.75, 3.05) is 11.9 Å². The summed E-state index contributed by atoms with van der Waals surface area (Å²) >= 11 is 0. The van der Waals surface area contributed by atoms with Crippen LogP contribution in [0.5, 0.6) is 0 Å². The van der Waals surface area contributed by atoms with Gasteiger partial charge in [0.05, 0.1) is 10.8 Å². The standard InChI is InChI=1S/C12H17N3O3/c1-8(2)11(7-13)12(16)14-9-4-3-5-10(6-9)15(17)18/h3-6,8,11H,7,13H2,1-2H3,(H,14,16). The Morgan fingerprint density at radius 1 is 1.50 bits per heavy atom. The van der Waals surface area contributed by atoms with E-state index in [9.17, 15) is 14.9 Å². The van der Waals surface area contributed by atoms with Crippen LogP contribution in [0.2, 0.25) is 0 Å². The Bertz CT molecular complexity index is 446. The molecule has 0 bridgehead atoms. The number of anilines is 1. The molecule has 0 fully saturated rings. The summed E-state index contributed by atoms with van der Waals surface area (Å²) in [6.07, 6.45) is 0. The van der Waals surface area contributed by atoms with Crippen molar-refractivity contribution in [1.82, 2.24) is 0 Å². The fourth-order valence-corrected chi connectivity index (χ4v) is 1.61. The van der Waals surface area contributed by atoms with Gasteiger partial charge in [0.2, 0.25) is 5.91 Å². The van der Waals surface area contributed by atoms with Gasteiger partial charge in [0.15, 0.2) is 0 Å². The van der Waals surface area contributed by atoms with Gasteiger partial charge in [-0.05, 0) is 12.0 Å². The molecule has 6 heteroatoms. The van der Waals surface area contributed by atoms with Gasteiger partial charge >= 0.3 is 0 Å². The van der Waals surface area contributed by atoms with Crippen molar-refractivity contribution in [1.29, 1.82) is 0 Å². The van der Waals surface area contributed by atoms with E-state index in [1.807, 2.05) is 13.8 Å². The largest absolute Gasteiger partial charge is 0.330 e. The summed E-state index contributed by atoms with van der Waals surface area (Å²) in [5.74, 6) is -0.397. The van der Waals surface area contributed by atoms with Crippen molar-refractivity contribution in [2.45, 2.75) is 13.8 Å². The van der Waals surface area contributed by atoms with Crippen LogP contribution in [0.3, 0.4) is 0 Å². The fraction of sp³-hybridized carbons (Fsp3) is 0.417. The van der Waals surface area contributed by atoms with Gasteiger partial charge in [-0.1, -0.05) is 19.9 Å². The highest BCUT2D eigenvalue weighted by atomic mass is 16.6. The van der Waals surface area contributed by atoms with E-state index in [2.05, 4.69) is 5.32 Å². The van der Waals surface area contributed by atoms with Gasteiger partial charge in [-0.25, -0.2) is 0 Å². The van der Waals surface area contributed by atoms with E-state index in [4.69, 9.17) is 5.73 Å². The predicted octanol–water partition coefficient (Wildman–Crippen LogP) is 1.76. The summed E-state index contributed by atoms with van der Waals surface area (Å²) in [5, 5.41) is 13.3. The van der Waals surface area contributed by atoms with Crippen molar-refractivity contribution in [2.24, 2.45) is 17.6 Å². The molecular weight excluding hydrogens is 234 g/mol. The number of nitrogens with one attached hydrogen (secondary N) is 1. The molecule has 98 valence electrons. The third-order valence-corrected chi connectivity index (χ3v) is 2.72. The zero-order valence-corrected chi connectivity index (χ0v) is 10.4. The third-order valence-electron chi connectivity index (χ3n) is 2.72. The van der Waals surface area contributed by atoms with Crippen LogP contribution in [-0.2, 0) is 4.79 Å². The summed E-state index contributed by atoms with van der Waals surface area (Å²) in [4.78, 5) is 22.0. The second-order valence-electron chi connectivity index (χ2n) is 4.38. The zero-order valence-electron chi connectivity index (χ0n) is 10.4. The Labute approximate surface area is 105 Å². The van der Waals surface area contributed by atoms with E-state index in [0.717, 1.165) is 0 Å². The average molecular weight is 251 g/mol. The second kappa shape index (κ2) is 6.11. The number of hydrogen-bond donors (Lipinski definition) is 2. The number of nitro benzene ring substituents is 1. The molecule has 0 heterocycles. The number of carbonyl (C=O) groups is 1. The highest BCUT2D eigenvalue weighted by molar-refractivity contribution is 5.93. The number of carbonyl (C=O) groups excluding carboxylic acids is 1. The number of rotatable bonds is 5. The van der Waals surface area contributed by atoms with E-state index >= 15 is 0 Å². The summed E-state index contributed by atoms with van der Waals surface area (Å²) < 4.78 is 0.